The normalized spacial score (nSPS) is 11.1. The molecule has 2 N–H and O–H groups in total. The largest absolute Gasteiger partial charge is 0.398 e. The first kappa shape index (κ1) is 9.73. The molecule has 0 aliphatic rings. The van der Waals surface area contributed by atoms with Crippen molar-refractivity contribution in [2.24, 2.45) is 0 Å². The Morgan fingerprint density at radius 2 is 2.25 bits per heavy atom. The predicted molar refractivity (Wildman–Crippen MR) is 66.2 cm³/mol. The number of aromatic nitrogens is 4. The molecule has 7 heteroatoms. The molecule has 2 aromatic heterocycles. The van der Waals surface area contributed by atoms with Gasteiger partial charge in [-0.2, -0.15) is 9.61 Å². The van der Waals surface area contributed by atoms with E-state index in [1.54, 1.807) is 10.8 Å². The van der Waals surface area contributed by atoms with E-state index in [9.17, 15) is 0 Å². The summed E-state index contributed by atoms with van der Waals surface area (Å²) < 4.78 is 2.60. The van der Waals surface area contributed by atoms with Crippen molar-refractivity contribution in [2.45, 2.75) is 0 Å². The number of benzene rings is 1. The summed E-state index contributed by atoms with van der Waals surface area (Å²) >= 11 is 4.83. The first-order chi connectivity index (χ1) is 7.74. The van der Waals surface area contributed by atoms with Crippen molar-refractivity contribution >= 4 is 37.9 Å². The summed E-state index contributed by atoms with van der Waals surface area (Å²) in [6.45, 7) is 0. The molecule has 0 spiro atoms. The van der Waals surface area contributed by atoms with E-state index in [1.807, 2.05) is 18.2 Å². The fourth-order valence-electron chi connectivity index (χ4n) is 1.40. The molecule has 0 amide bonds. The molecule has 3 aromatic rings. The van der Waals surface area contributed by atoms with Gasteiger partial charge in [0.15, 0.2) is 0 Å². The maximum absolute atomic E-state index is 5.94. The third kappa shape index (κ3) is 1.48. The minimum atomic E-state index is 0.694. The lowest BCUT2D eigenvalue weighted by Crippen LogP contribution is -1.90. The first-order valence-electron chi connectivity index (χ1n) is 4.46. The monoisotopic (exact) mass is 295 g/mol. The second-order valence-electron chi connectivity index (χ2n) is 3.20. The summed E-state index contributed by atoms with van der Waals surface area (Å²) in [6.07, 6.45) is 1.57. The van der Waals surface area contributed by atoms with Gasteiger partial charge in [-0.05, 0) is 18.2 Å². The smallest absolute Gasteiger partial charge is 0.234 e. The van der Waals surface area contributed by atoms with Crippen LogP contribution in [0.3, 0.4) is 0 Å². The van der Waals surface area contributed by atoms with Gasteiger partial charge in [0.05, 0.1) is 0 Å². The number of halogens is 1. The Morgan fingerprint density at radius 1 is 1.38 bits per heavy atom. The number of fused-ring (bicyclic) bond motifs is 1. The van der Waals surface area contributed by atoms with Gasteiger partial charge in [-0.1, -0.05) is 27.3 Å². The molecule has 5 nitrogen and oxygen atoms in total. The van der Waals surface area contributed by atoms with Gasteiger partial charge in [0.1, 0.15) is 11.3 Å². The summed E-state index contributed by atoms with van der Waals surface area (Å²) in [4.78, 5) is 0.761. The van der Waals surface area contributed by atoms with Crippen LogP contribution in [-0.4, -0.2) is 19.8 Å². The van der Waals surface area contributed by atoms with Crippen molar-refractivity contribution < 1.29 is 0 Å². The van der Waals surface area contributed by atoms with Crippen LogP contribution in [0, 0.1) is 0 Å². The Hall–Kier alpha value is -1.47. The summed E-state index contributed by atoms with van der Waals surface area (Å²) in [5.41, 5.74) is 7.54. The molecule has 0 fully saturated rings. The highest BCUT2D eigenvalue weighted by molar-refractivity contribution is 9.10. The summed E-state index contributed by atoms with van der Waals surface area (Å²) in [5, 5.41) is 12.9. The Balaban J connectivity index is 2.19. The van der Waals surface area contributed by atoms with Gasteiger partial charge in [-0.3, -0.25) is 0 Å². The maximum atomic E-state index is 5.94. The lowest BCUT2D eigenvalue weighted by molar-refractivity contribution is 0.960. The molecule has 0 saturated heterocycles. The summed E-state index contributed by atoms with van der Waals surface area (Å²) in [5.74, 6) is 0. The van der Waals surface area contributed by atoms with E-state index in [4.69, 9.17) is 5.73 Å². The van der Waals surface area contributed by atoms with Crippen LogP contribution in [0.25, 0.3) is 15.5 Å². The number of hydrogen-bond acceptors (Lipinski definition) is 5. The van der Waals surface area contributed by atoms with E-state index in [0.717, 1.165) is 20.0 Å². The second-order valence-corrected chi connectivity index (χ2v) is 5.07. The Kier molecular flexibility index (Phi) is 2.15. The fraction of sp³-hybridized carbons (Fsp3) is 0. The molecule has 0 aliphatic carbocycles. The molecule has 16 heavy (non-hydrogen) atoms. The van der Waals surface area contributed by atoms with Gasteiger partial charge in [0.25, 0.3) is 0 Å². The maximum Gasteiger partial charge on any atom is 0.234 e. The molecule has 0 aliphatic heterocycles. The molecule has 0 bridgehead atoms. The zero-order chi connectivity index (χ0) is 11.1. The van der Waals surface area contributed by atoms with Crippen LogP contribution in [0.2, 0.25) is 0 Å². The lowest BCUT2D eigenvalue weighted by Gasteiger charge is -2.01. The van der Waals surface area contributed by atoms with Crippen LogP contribution in [0.1, 0.15) is 0 Å². The van der Waals surface area contributed by atoms with Crippen LogP contribution in [-0.2, 0) is 0 Å². The molecule has 2 heterocycles. The van der Waals surface area contributed by atoms with Gasteiger partial charge in [-0.25, -0.2) is 0 Å². The molecular weight excluding hydrogens is 290 g/mol. The third-order valence-corrected chi connectivity index (χ3v) is 3.57. The van der Waals surface area contributed by atoms with E-state index in [2.05, 4.69) is 31.2 Å². The van der Waals surface area contributed by atoms with Crippen LogP contribution in [0.4, 0.5) is 5.69 Å². The third-order valence-electron chi connectivity index (χ3n) is 2.13. The van der Waals surface area contributed by atoms with Gasteiger partial charge in [-0.15, -0.1) is 10.2 Å². The summed E-state index contributed by atoms with van der Waals surface area (Å²) in [6, 6.07) is 5.73. The Bertz CT molecular complexity index is 630. The molecule has 0 atom stereocenters. The molecule has 1 aromatic carbocycles. The Labute approximate surface area is 103 Å². The second kappa shape index (κ2) is 3.53. The van der Waals surface area contributed by atoms with Crippen molar-refractivity contribution in [1.29, 1.82) is 0 Å². The summed E-state index contributed by atoms with van der Waals surface area (Å²) in [7, 11) is 0. The number of hydrogen-bond donors (Lipinski definition) is 1. The Morgan fingerprint density at radius 3 is 3.00 bits per heavy atom. The zero-order valence-corrected chi connectivity index (χ0v) is 10.4. The van der Waals surface area contributed by atoms with Crippen LogP contribution in [0.15, 0.2) is 29.0 Å². The zero-order valence-electron chi connectivity index (χ0n) is 7.96. The number of nitrogen functional groups attached to an aromatic ring is 1. The van der Waals surface area contributed by atoms with E-state index >= 15 is 0 Å². The van der Waals surface area contributed by atoms with Crippen molar-refractivity contribution in [2.75, 3.05) is 5.73 Å². The van der Waals surface area contributed by atoms with Crippen molar-refractivity contribution in [3.05, 3.63) is 29.0 Å². The SMILES string of the molecule is Nc1cc(Br)ccc1-c1nn2cnnc2s1. The van der Waals surface area contributed by atoms with Crippen LogP contribution >= 0.6 is 27.3 Å². The minimum Gasteiger partial charge on any atom is -0.398 e. The molecule has 0 radical (unpaired) electrons. The van der Waals surface area contributed by atoms with Crippen molar-refractivity contribution in [1.82, 2.24) is 19.8 Å². The number of nitrogens with zero attached hydrogens (tertiary/aromatic N) is 4. The van der Waals surface area contributed by atoms with E-state index in [1.165, 1.54) is 11.3 Å². The van der Waals surface area contributed by atoms with Gasteiger partial charge in [0, 0.05) is 15.7 Å². The van der Waals surface area contributed by atoms with Crippen molar-refractivity contribution in [3.63, 3.8) is 0 Å². The van der Waals surface area contributed by atoms with E-state index in [-0.39, 0.29) is 0 Å². The molecule has 80 valence electrons. The number of anilines is 1. The molecule has 0 unspecified atom stereocenters. The van der Waals surface area contributed by atoms with Crippen LogP contribution < -0.4 is 5.73 Å². The highest BCUT2D eigenvalue weighted by Gasteiger charge is 2.10. The number of rotatable bonds is 1. The fourth-order valence-corrected chi connectivity index (χ4v) is 2.64. The van der Waals surface area contributed by atoms with E-state index in [0.29, 0.717) is 5.69 Å². The van der Waals surface area contributed by atoms with Crippen LogP contribution in [0.5, 0.6) is 0 Å². The standard InChI is InChI=1S/C9H6BrN5S/c10-5-1-2-6(7(11)3-5)8-14-15-4-12-13-9(15)16-8/h1-4H,11H2. The molecule has 3 rings (SSSR count). The van der Waals surface area contributed by atoms with E-state index < -0.39 is 0 Å². The average Bonchev–Trinajstić information content (AvgIpc) is 2.76. The highest BCUT2D eigenvalue weighted by atomic mass is 79.9. The topological polar surface area (TPSA) is 69.1 Å². The van der Waals surface area contributed by atoms with Gasteiger partial charge >= 0.3 is 0 Å². The predicted octanol–water partition coefficient (Wildman–Crippen LogP) is 2.20. The first-order valence-corrected chi connectivity index (χ1v) is 6.07. The quantitative estimate of drug-likeness (QED) is 0.699. The minimum absolute atomic E-state index is 0.694. The van der Waals surface area contributed by atoms with Crippen molar-refractivity contribution in [3.8, 4) is 10.6 Å². The number of nitrogens with two attached hydrogens (primary N) is 1. The molecular formula is C9H6BrN5S. The average molecular weight is 296 g/mol. The van der Waals surface area contributed by atoms with Gasteiger partial charge in [0.2, 0.25) is 4.96 Å². The van der Waals surface area contributed by atoms with Gasteiger partial charge < -0.3 is 5.73 Å². The highest BCUT2D eigenvalue weighted by Crippen LogP contribution is 2.31. The molecule has 0 saturated carbocycles. The lowest BCUT2D eigenvalue weighted by atomic mass is 10.2.